The third kappa shape index (κ3) is 9.75. The fourth-order valence-corrected chi connectivity index (χ4v) is 15.8. The predicted octanol–water partition coefficient (Wildman–Crippen LogP) is 24.2. The summed E-state index contributed by atoms with van der Waals surface area (Å²) in [6, 6.07) is 126. The molecule has 2 aromatic heterocycles. The van der Waals surface area contributed by atoms with Gasteiger partial charge in [0.2, 0.25) is 0 Å². The first-order valence-corrected chi connectivity index (χ1v) is 34.3. The summed E-state index contributed by atoms with van der Waals surface area (Å²) in [5, 5.41) is 4.39. The first kappa shape index (κ1) is 58.0. The topological polar surface area (TPSA) is 32.8 Å². The fraction of sp³-hybridized carbons (Fsp3) is 0.0426. The van der Waals surface area contributed by atoms with Gasteiger partial charge in [0.15, 0.2) is 0 Å². The lowest BCUT2D eigenvalue weighted by atomic mass is 9.33. The van der Waals surface area contributed by atoms with Crippen LogP contribution in [0.4, 0.5) is 34.1 Å². The van der Waals surface area contributed by atoms with Crippen molar-refractivity contribution in [3.05, 3.63) is 345 Å². The van der Waals surface area contributed by atoms with Crippen LogP contribution in [0.3, 0.4) is 0 Å². The van der Waals surface area contributed by atoms with E-state index in [4.69, 9.17) is 8.83 Å². The third-order valence-electron chi connectivity index (χ3n) is 20.6. The van der Waals surface area contributed by atoms with Gasteiger partial charge in [0, 0.05) is 66.5 Å². The third-order valence-corrected chi connectivity index (χ3v) is 20.6. The second-order valence-electron chi connectivity index (χ2n) is 27.5. The fourth-order valence-electron chi connectivity index (χ4n) is 15.8. The van der Waals surface area contributed by atoms with Crippen LogP contribution >= 0.6 is 0 Å². The Bertz CT molecular complexity index is 5530. The van der Waals surface area contributed by atoms with E-state index in [9.17, 15) is 0 Å². The number of hydrogen-bond donors (Lipinski definition) is 0. The van der Waals surface area contributed by atoms with E-state index in [1.807, 2.05) is 0 Å². The molecule has 0 amide bonds. The standard InChI is InChI=1S/C94H65BN2O2/c1-94(2,3)72-58-85-91-86(59-72)97(93-77(64-34-18-8-19-35-64)54-71(61-28-12-5-13-29-61)55-78(93)65-36-20-9-21-37-65)84-57-69(67-45-49-90-80(51-67)74-39-23-25-41-88(74)99-90)43-47-82(84)95(91)81-46-42-68(66-44-48-89-79(50-66)73-38-22-24-40-87(73)98-89)56-83(81)96(85)92-75(62-30-14-6-15-31-62)52-70(60-26-10-4-11-27-60)53-76(92)63-32-16-7-17-33-63/h4-59H,1-3H3. The van der Waals surface area contributed by atoms with Gasteiger partial charge in [0.25, 0.3) is 6.71 Å². The molecule has 0 atom stereocenters. The lowest BCUT2D eigenvalue weighted by Gasteiger charge is -2.46. The summed E-state index contributed by atoms with van der Waals surface area (Å²) in [5.41, 5.74) is 32.8. The molecule has 0 unspecified atom stereocenters. The molecule has 0 aliphatic carbocycles. The average molecular weight is 1270 g/mol. The molecular weight excluding hydrogens is 1200 g/mol. The van der Waals surface area contributed by atoms with Gasteiger partial charge in [-0.1, -0.05) is 276 Å². The van der Waals surface area contributed by atoms with Crippen molar-refractivity contribution < 1.29 is 8.83 Å². The Morgan fingerprint density at radius 1 is 0.242 bits per heavy atom. The van der Waals surface area contributed by atoms with Gasteiger partial charge in [0.1, 0.15) is 22.3 Å². The maximum atomic E-state index is 6.50. The van der Waals surface area contributed by atoms with Crippen molar-refractivity contribution in [2.24, 2.45) is 0 Å². The van der Waals surface area contributed by atoms with Gasteiger partial charge in [-0.05, 0) is 179 Å². The number of rotatable bonds is 10. The summed E-state index contributed by atoms with van der Waals surface area (Å²) in [6.07, 6.45) is 0. The molecule has 0 N–H and O–H groups in total. The minimum Gasteiger partial charge on any atom is -0.456 e. The van der Waals surface area contributed by atoms with Crippen molar-refractivity contribution in [3.63, 3.8) is 0 Å². The number of fused-ring (bicyclic) bond motifs is 10. The molecule has 2 aliphatic rings. The number of para-hydroxylation sites is 2. The van der Waals surface area contributed by atoms with Crippen LogP contribution in [0.2, 0.25) is 0 Å². The predicted molar refractivity (Wildman–Crippen MR) is 417 cm³/mol. The van der Waals surface area contributed by atoms with E-state index < -0.39 is 0 Å². The highest BCUT2D eigenvalue weighted by Crippen LogP contribution is 2.56. The molecule has 0 saturated heterocycles. The van der Waals surface area contributed by atoms with E-state index in [1.54, 1.807) is 0 Å². The van der Waals surface area contributed by atoms with Crippen LogP contribution in [-0.4, -0.2) is 6.71 Å². The highest BCUT2D eigenvalue weighted by Gasteiger charge is 2.46. The smallest absolute Gasteiger partial charge is 0.252 e. The van der Waals surface area contributed by atoms with Gasteiger partial charge in [-0.25, -0.2) is 0 Å². The van der Waals surface area contributed by atoms with Crippen molar-refractivity contribution in [2.45, 2.75) is 26.2 Å². The van der Waals surface area contributed by atoms with Crippen LogP contribution in [-0.2, 0) is 5.41 Å². The second-order valence-corrected chi connectivity index (χ2v) is 27.5. The molecule has 15 aromatic carbocycles. The maximum Gasteiger partial charge on any atom is 0.252 e. The van der Waals surface area contributed by atoms with Crippen molar-refractivity contribution in [1.82, 2.24) is 0 Å². The largest absolute Gasteiger partial charge is 0.456 e. The van der Waals surface area contributed by atoms with Crippen molar-refractivity contribution >= 4 is 101 Å². The van der Waals surface area contributed by atoms with E-state index in [1.165, 1.54) is 22.0 Å². The van der Waals surface area contributed by atoms with Crippen molar-refractivity contribution in [1.29, 1.82) is 0 Å². The molecule has 0 saturated carbocycles. The van der Waals surface area contributed by atoms with Gasteiger partial charge >= 0.3 is 0 Å². The molecule has 0 radical (unpaired) electrons. The molecule has 17 aromatic rings. The van der Waals surface area contributed by atoms with Gasteiger partial charge in [0.05, 0.1) is 11.4 Å². The molecule has 466 valence electrons. The molecule has 0 fully saturated rings. The minimum absolute atomic E-state index is 0.238. The first-order chi connectivity index (χ1) is 48.7. The maximum absolute atomic E-state index is 6.50. The minimum atomic E-state index is -0.336. The zero-order chi connectivity index (χ0) is 65.9. The Balaban J connectivity index is 0.971. The van der Waals surface area contributed by atoms with Gasteiger partial charge in [-0.2, -0.15) is 0 Å². The quantitative estimate of drug-likeness (QED) is 0.128. The number of hydrogen-bond acceptors (Lipinski definition) is 4. The summed E-state index contributed by atoms with van der Waals surface area (Å²) in [6.45, 7) is 6.89. The monoisotopic (exact) mass is 1260 g/mol. The Kier molecular flexibility index (Phi) is 13.6. The summed E-state index contributed by atoms with van der Waals surface area (Å²) in [5.74, 6) is 0. The SMILES string of the molecule is CC(C)(C)c1cc2c3c(c1)N(c1c(-c4ccccc4)cc(-c4ccccc4)cc1-c1ccccc1)c1cc(-c4ccc5oc6ccccc6c5c4)ccc1B3c1ccc(-c3ccc4oc5ccccc5c4c3)cc1N2c1c(-c2ccccc2)cc(-c2ccccc2)cc1-c1ccccc1. The van der Waals surface area contributed by atoms with E-state index in [-0.39, 0.29) is 12.1 Å². The summed E-state index contributed by atoms with van der Waals surface area (Å²) in [7, 11) is 0. The molecular formula is C94H65BN2O2. The average Bonchev–Trinajstić information content (AvgIpc) is 1.53. The van der Waals surface area contributed by atoms with Gasteiger partial charge in [-0.3, -0.25) is 0 Å². The highest BCUT2D eigenvalue weighted by molar-refractivity contribution is 7.00. The van der Waals surface area contributed by atoms with E-state index >= 15 is 0 Å². The normalized spacial score (nSPS) is 12.5. The lowest BCUT2D eigenvalue weighted by molar-refractivity contribution is 0.590. The first-order valence-electron chi connectivity index (χ1n) is 34.3. The summed E-state index contributed by atoms with van der Waals surface area (Å²) >= 11 is 0. The van der Waals surface area contributed by atoms with Crippen LogP contribution < -0.4 is 26.2 Å². The van der Waals surface area contributed by atoms with Crippen molar-refractivity contribution in [3.8, 4) is 89.0 Å². The number of benzene rings is 15. The van der Waals surface area contributed by atoms with Crippen LogP contribution in [0.25, 0.3) is 133 Å². The zero-order valence-corrected chi connectivity index (χ0v) is 55.1. The lowest BCUT2D eigenvalue weighted by Crippen LogP contribution is -2.61. The van der Waals surface area contributed by atoms with Crippen LogP contribution in [0.5, 0.6) is 0 Å². The second kappa shape index (κ2) is 23.2. The van der Waals surface area contributed by atoms with E-state index in [2.05, 4.69) is 370 Å². The number of anilines is 6. The van der Waals surface area contributed by atoms with Crippen LogP contribution in [0.15, 0.2) is 349 Å². The van der Waals surface area contributed by atoms with Crippen molar-refractivity contribution in [2.75, 3.05) is 9.80 Å². The van der Waals surface area contributed by atoms with Crippen LogP contribution in [0, 0.1) is 0 Å². The molecule has 2 aliphatic heterocycles. The van der Waals surface area contributed by atoms with E-state index in [0.29, 0.717) is 0 Å². The molecule has 4 heterocycles. The zero-order valence-electron chi connectivity index (χ0n) is 55.1. The molecule has 19 rings (SSSR count). The Hall–Kier alpha value is -12.4. The number of nitrogens with zero attached hydrogens (tertiary/aromatic N) is 2. The van der Waals surface area contributed by atoms with Crippen LogP contribution in [0.1, 0.15) is 26.3 Å². The van der Waals surface area contributed by atoms with E-state index in [0.717, 1.165) is 167 Å². The molecule has 4 nitrogen and oxygen atoms in total. The number of furan rings is 2. The Labute approximate surface area is 576 Å². The molecule has 0 spiro atoms. The van der Waals surface area contributed by atoms with Gasteiger partial charge in [-0.15, -0.1) is 0 Å². The molecule has 99 heavy (non-hydrogen) atoms. The Morgan fingerprint density at radius 2 is 0.545 bits per heavy atom. The Morgan fingerprint density at radius 3 is 0.899 bits per heavy atom. The van der Waals surface area contributed by atoms with Gasteiger partial charge < -0.3 is 18.6 Å². The highest BCUT2D eigenvalue weighted by atomic mass is 16.3. The summed E-state index contributed by atoms with van der Waals surface area (Å²) in [4.78, 5) is 5.37. The molecule has 0 bridgehead atoms. The summed E-state index contributed by atoms with van der Waals surface area (Å²) < 4.78 is 13.0. The molecule has 5 heteroatoms.